The van der Waals surface area contributed by atoms with Gasteiger partial charge in [0.05, 0.1) is 0 Å². The maximum absolute atomic E-state index is 12.4. The number of hydrogen-bond donors (Lipinski definition) is 2. The highest BCUT2D eigenvalue weighted by Gasteiger charge is 2.44. The number of nitrogens with one attached hydrogen (secondary N) is 1. The van der Waals surface area contributed by atoms with Crippen LogP contribution in [-0.2, 0) is 17.6 Å². The zero-order chi connectivity index (χ0) is 18.6. The lowest BCUT2D eigenvalue weighted by atomic mass is 10.1. The Bertz CT molecular complexity index is 909. The summed E-state index contributed by atoms with van der Waals surface area (Å²) in [6.45, 7) is 0. The predicted molar refractivity (Wildman–Crippen MR) is 107 cm³/mol. The highest BCUT2D eigenvalue weighted by Crippen LogP contribution is 2.47. The van der Waals surface area contributed by atoms with Crippen LogP contribution in [0, 0.1) is 5.92 Å². The Labute approximate surface area is 165 Å². The molecule has 9 heteroatoms. The fourth-order valence-electron chi connectivity index (χ4n) is 3.08. The third kappa shape index (κ3) is 4.67. The number of benzene rings is 1. The first kappa shape index (κ1) is 18.0. The minimum absolute atomic E-state index is 0.0408. The molecule has 0 bridgehead atoms. The van der Waals surface area contributed by atoms with Gasteiger partial charge in [0.15, 0.2) is 0 Å². The van der Waals surface area contributed by atoms with E-state index in [9.17, 15) is 4.79 Å². The van der Waals surface area contributed by atoms with Gasteiger partial charge in [-0.05, 0) is 30.7 Å². The lowest BCUT2D eigenvalue weighted by Gasteiger charge is -2.01. The van der Waals surface area contributed by atoms with Crippen molar-refractivity contribution < 1.29 is 4.79 Å². The Hall–Kier alpha value is -2.39. The van der Waals surface area contributed by atoms with E-state index in [1.165, 1.54) is 28.2 Å². The van der Waals surface area contributed by atoms with Gasteiger partial charge < -0.3 is 11.1 Å². The molecule has 4 rings (SSSR count). The van der Waals surface area contributed by atoms with E-state index in [4.69, 9.17) is 5.73 Å². The van der Waals surface area contributed by atoms with Crippen molar-refractivity contribution in [3.8, 4) is 0 Å². The zero-order valence-corrected chi connectivity index (χ0v) is 16.3. The van der Waals surface area contributed by atoms with Crippen molar-refractivity contribution in [3.05, 3.63) is 45.9 Å². The van der Waals surface area contributed by atoms with Crippen molar-refractivity contribution in [3.63, 3.8) is 0 Å². The SMILES string of the molecule is Nc1nnc(CCCCc2nnc(NC(=O)C3CC3c3ccccc3)s2)s1. The number of nitrogens with zero attached hydrogens (tertiary/aromatic N) is 4. The standard InChI is InChI=1S/C18H20N6OS2/c19-17-23-21-14(26-17)8-4-5-9-15-22-24-18(27-15)20-16(25)13-10-12(13)11-6-2-1-3-7-11/h1-3,6-7,12-13H,4-5,8-10H2,(H2,19,23)(H,20,24,25). The number of amides is 1. The van der Waals surface area contributed by atoms with Gasteiger partial charge in [0.25, 0.3) is 0 Å². The van der Waals surface area contributed by atoms with Crippen molar-refractivity contribution in [1.82, 2.24) is 20.4 Å². The van der Waals surface area contributed by atoms with Crippen LogP contribution in [0.15, 0.2) is 30.3 Å². The molecule has 0 aliphatic heterocycles. The van der Waals surface area contributed by atoms with Gasteiger partial charge in [0.1, 0.15) is 10.0 Å². The van der Waals surface area contributed by atoms with Gasteiger partial charge in [-0.3, -0.25) is 4.79 Å². The van der Waals surface area contributed by atoms with Crippen LogP contribution in [-0.4, -0.2) is 26.3 Å². The minimum Gasteiger partial charge on any atom is -0.374 e. The van der Waals surface area contributed by atoms with Crippen molar-refractivity contribution in [2.75, 3.05) is 11.1 Å². The van der Waals surface area contributed by atoms with Crippen LogP contribution in [0.5, 0.6) is 0 Å². The summed E-state index contributed by atoms with van der Waals surface area (Å²) in [6, 6.07) is 10.2. The van der Waals surface area contributed by atoms with Gasteiger partial charge in [-0.1, -0.05) is 53.0 Å². The van der Waals surface area contributed by atoms with Crippen LogP contribution in [0.3, 0.4) is 0 Å². The molecule has 2 unspecified atom stereocenters. The molecule has 7 nitrogen and oxygen atoms in total. The number of nitrogens with two attached hydrogens (primary N) is 1. The summed E-state index contributed by atoms with van der Waals surface area (Å²) in [6.07, 6.45) is 4.60. The molecule has 1 saturated carbocycles. The molecule has 1 aliphatic carbocycles. The molecule has 2 aromatic heterocycles. The Morgan fingerprint density at radius 1 is 1.04 bits per heavy atom. The van der Waals surface area contributed by atoms with Crippen LogP contribution in [0.1, 0.15) is 40.8 Å². The number of rotatable bonds is 8. The number of carbonyl (C=O) groups is 1. The van der Waals surface area contributed by atoms with E-state index >= 15 is 0 Å². The molecule has 1 amide bonds. The summed E-state index contributed by atoms with van der Waals surface area (Å²) < 4.78 is 0. The third-order valence-electron chi connectivity index (χ3n) is 4.57. The Kier molecular flexibility index (Phi) is 5.40. The van der Waals surface area contributed by atoms with Gasteiger partial charge in [0, 0.05) is 18.8 Å². The third-order valence-corrected chi connectivity index (χ3v) is 6.28. The predicted octanol–water partition coefficient (Wildman–Crippen LogP) is 3.28. The van der Waals surface area contributed by atoms with E-state index in [2.05, 4.69) is 37.8 Å². The maximum atomic E-state index is 12.4. The lowest BCUT2D eigenvalue weighted by Crippen LogP contribution is -2.14. The quantitative estimate of drug-likeness (QED) is 0.562. The van der Waals surface area contributed by atoms with Crippen LogP contribution in [0.2, 0.25) is 0 Å². The number of hydrogen-bond acceptors (Lipinski definition) is 8. The molecule has 1 aromatic carbocycles. The van der Waals surface area contributed by atoms with E-state index in [-0.39, 0.29) is 11.8 Å². The maximum Gasteiger partial charge on any atom is 0.229 e. The second kappa shape index (κ2) is 8.10. The molecule has 0 radical (unpaired) electrons. The highest BCUT2D eigenvalue weighted by atomic mass is 32.1. The van der Waals surface area contributed by atoms with Crippen LogP contribution in [0.25, 0.3) is 0 Å². The minimum atomic E-state index is 0.0408. The molecule has 1 fully saturated rings. The molecule has 2 heterocycles. The normalized spacial score (nSPS) is 18.4. The van der Waals surface area contributed by atoms with E-state index in [0.29, 0.717) is 16.2 Å². The number of aromatic nitrogens is 4. The molecule has 1 aliphatic rings. The summed E-state index contributed by atoms with van der Waals surface area (Å²) >= 11 is 2.89. The van der Waals surface area contributed by atoms with Crippen LogP contribution in [0.4, 0.5) is 10.3 Å². The summed E-state index contributed by atoms with van der Waals surface area (Å²) in [5, 5.41) is 22.1. The fraction of sp³-hybridized carbons (Fsp3) is 0.389. The fourth-order valence-corrected chi connectivity index (χ4v) is 4.51. The molecule has 140 valence electrons. The van der Waals surface area contributed by atoms with Gasteiger partial charge in [0.2, 0.25) is 16.2 Å². The van der Waals surface area contributed by atoms with Gasteiger partial charge in [-0.2, -0.15) is 0 Å². The first-order valence-electron chi connectivity index (χ1n) is 8.95. The number of anilines is 2. The molecule has 2 atom stereocenters. The van der Waals surface area contributed by atoms with Crippen LogP contribution < -0.4 is 11.1 Å². The molecule has 3 N–H and O–H groups in total. The second-order valence-corrected chi connectivity index (χ2v) is 8.75. The smallest absolute Gasteiger partial charge is 0.229 e. The summed E-state index contributed by atoms with van der Waals surface area (Å²) in [7, 11) is 0. The van der Waals surface area contributed by atoms with Crippen molar-refractivity contribution in [2.45, 2.75) is 38.0 Å². The number of nitrogen functional groups attached to an aromatic ring is 1. The van der Waals surface area contributed by atoms with Crippen molar-refractivity contribution in [1.29, 1.82) is 0 Å². The Balaban J connectivity index is 1.21. The molecule has 27 heavy (non-hydrogen) atoms. The highest BCUT2D eigenvalue weighted by molar-refractivity contribution is 7.15. The number of aryl methyl sites for hydroxylation is 2. The monoisotopic (exact) mass is 400 g/mol. The molecular weight excluding hydrogens is 380 g/mol. The first-order chi connectivity index (χ1) is 13.2. The van der Waals surface area contributed by atoms with Gasteiger partial charge in [-0.25, -0.2) is 0 Å². The second-order valence-electron chi connectivity index (χ2n) is 6.59. The van der Waals surface area contributed by atoms with Gasteiger partial charge >= 0.3 is 0 Å². The largest absolute Gasteiger partial charge is 0.374 e. The number of unbranched alkanes of at least 4 members (excludes halogenated alkanes) is 1. The average Bonchev–Trinajstić information content (AvgIpc) is 3.20. The molecule has 0 saturated heterocycles. The average molecular weight is 401 g/mol. The number of carbonyl (C=O) groups excluding carboxylic acids is 1. The van der Waals surface area contributed by atoms with E-state index in [0.717, 1.165) is 42.1 Å². The first-order valence-corrected chi connectivity index (χ1v) is 10.6. The summed E-state index contributed by atoms with van der Waals surface area (Å²) in [5.74, 6) is 0.410. The van der Waals surface area contributed by atoms with Gasteiger partial charge in [-0.15, -0.1) is 20.4 Å². The molecular formula is C18H20N6OS2. The molecule has 3 aromatic rings. The Morgan fingerprint density at radius 3 is 2.44 bits per heavy atom. The van der Waals surface area contributed by atoms with E-state index in [1.54, 1.807) is 0 Å². The zero-order valence-electron chi connectivity index (χ0n) is 14.7. The lowest BCUT2D eigenvalue weighted by molar-refractivity contribution is -0.117. The van der Waals surface area contributed by atoms with Crippen molar-refractivity contribution >= 4 is 38.8 Å². The van der Waals surface area contributed by atoms with E-state index < -0.39 is 0 Å². The summed E-state index contributed by atoms with van der Waals surface area (Å²) in [5.41, 5.74) is 6.81. The summed E-state index contributed by atoms with van der Waals surface area (Å²) in [4.78, 5) is 12.4. The molecule has 0 spiro atoms. The van der Waals surface area contributed by atoms with Crippen LogP contribution >= 0.6 is 22.7 Å². The van der Waals surface area contributed by atoms with Crippen molar-refractivity contribution in [2.24, 2.45) is 5.92 Å². The Morgan fingerprint density at radius 2 is 1.74 bits per heavy atom. The van der Waals surface area contributed by atoms with E-state index in [1.807, 2.05) is 18.2 Å². The topological polar surface area (TPSA) is 107 Å².